The van der Waals surface area contributed by atoms with E-state index in [0.29, 0.717) is 0 Å². The van der Waals surface area contributed by atoms with Gasteiger partial charge in [-0.05, 0) is 12.1 Å². The molecule has 0 radical (unpaired) electrons. The highest BCUT2D eigenvalue weighted by atomic mass is 16.8. The molecule has 1 N–H and O–H groups in total. The minimum Gasteiger partial charge on any atom is -0.467 e. The predicted molar refractivity (Wildman–Crippen MR) is 102 cm³/mol. The van der Waals surface area contributed by atoms with Crippen LogP contribution in [0.4, 0.5) is 0 Å². The number of carbonyl (C=O) groups excluding carboxylic acids is 5. The molecule has 12 nitrogen and oxygen atoms in total. The number of nitrogens with one attached hydrogen (secondary N) is 1. The van der Waals surface area contributed by atoms with Gasteiger partial charge in [0.25, 0.3) is 5.91 Å². The number of rotatable bonds is 7. The summed E-state index contributed by atoms with van der Waals surface area (Å²) in [6.07, 6.45) is -7.82. The minimum absolute atomic E-state index is 0.242. The molecule has 1 amide bonds. The first-order chi connectivity index (χ1) is 15.1. The van der Waals surface area contributed by atoms with Gasteiger partial charge in [0.15, 0.2) is 24.4 Å². The first-order valence-corrected chi connectivity index (χ1v) is 9.40. The summed E-state index contributed by atoms with van der Waals surface area (Å²) in [4.78, 5) is 64.9. The maximum atomic E-state index is 12.3. The van der Waals surface area contributed by atoms with Crippen molar-refractivity contribution in [1.29, 1.82) is 0 Å². The van der Waals surface area contributed by atoms with E-state index >= 15 is 0 Å². The first-order valence-electron chi connectivity index (χ1n) is 9.40. The SMILES string of the molecule is COC(=O)[C@H]1O[C@@H](ONC(=O)c2ccccc2)[C@H](OC(C)=O)[C@@H](OC(C)=O)[C@@H]1OC(C)=O. The van der Waals surface area contributed by atoms with E-state index in [1.54, 1.807) is 18.2 Å². The van der Waals surface area contributed by atoms with Crippen molar-refractivity contribution in [2.75, 3.05) is 7.11 Å². The fraction of sp³-hybridized carbons (Fsp3) is 0.450. The highest BCUT2D eigenvalue weighted by Gasteiger charge is 2.55. The Morgan fingerprint density at radius 2 is 1.34 bits per heavy atom. The normalized spacial score (nSPS) is 24.6. The van der Waals surface area contributed by atoms with Crippen molar-refractivity contribution in [2.45, 2.75) is 51.5 Å². The van der Waals surface area contributed by atoms with E-state index in [0.717, 1.165) is 27.9 Å². The van der Waals surface area contributed by atoms with Gasteiger partial charge < -0.3 is 23.7 Å². The number of methoxy groups -OCH3 is 1. The first kappa shape index (κ1) is 24.8. The van der Waals surface area contributed by atoms with Gasteiger partial charge in [0.2, 0.25) is 6.29 Å². The molecule has 0 aromatic heterocycles. The Morgan fingerprint density at radius 3 is 1.88 bits per heavy atom. The lowest BCUT2D eigenvalue weighted by molar-refractivity contribution is -0.310. The lowest BCUT2D eigenvalue weighted by Crippen LogP contribution is -2.64. The molecule has 12 heteroatoms. The van der Waals surface area contributed by atoms with Crippen molar-refractivity contribution in [3.05, 3.63) is 35.9 Å². The molecule has 0 bridgehead atoms. The van der Waals surface area contributed by atoms with Gasteiger partial charge >= 0.3 is 23.9 Å². The lowest BCUT2D eigenvalue weighted by Gasteiger charge is -2.42. The molecule has 1 aliphatic rings. The van der Waals surface area contributed by atoms with Crippen molar-refractivity contribution in [3.63, 3.8) is 0 Å². The molecule has 1 saturated heterocycles. The highest BCUT2D eigenvalue weighted by Crippen LogP contribution is 2.30. The Bertz CT molecular complexity index is 856. The molecule has 5 atom stereocenters. The van der Waals surface area contributed by atoms with Crippen LogP contribution in [-0.4, -0.2) is 67.6 Å². The van der Waals surface area contributed by atoms with Crippen molar-refractivity contribution in [2.24, 2.45) is 0 Å². The van der Waals surface area contributed by atoms with E-state index in [9.17, 15) is 24.0 Å². The van der Waals surface area contributed by atoms with Gasteiger partial charge in [-0.15, -0.1) is 0 Å². The zero-order chi connectivity index (χ0) is 23.8. The van der Waals surface area contributed by atoms with Crippen LogP contribution in [0.2, 0.25) is 0 Å². The number of amides is 1. The standard InChI is InChI=1S/C20H23NO11/c1-10(22)28-14-15(29-11(2)23)17(30-12(3)24)20(31-16(14)19(26)27-4)32-21-18(25)13-8-6-5-7-9-13/h5-9,14-17,20H,1-4H3,(H,21,25)/t14-,15-,16-,17+,20-/m0/s1. The van der Waals surface area contributed by atoms with Crippen molar-refractivity contribution in [1.82, 2.24) is 5.48 Å². The maximum Gasteiger partial charge on any atom is 0.339 e. The van der Waals surface area contributed by atoms with Crippen LogP contribution in [0.1, 0.15) is 31.1 Å². The van der Waals surface area contributed by atoms with Crippen LogP contribution in [0, 0.1) is 0 Å². The predicted octanol–water partition coefficient (Wildman–Crippen LogP) is 0.0410. The van der Waals surface area contributed by atoms with Gasteiger partial charge in [-0.1, -0.05) is 18.2 Å². The lowest BCUT2D eigenvalue weighted by atomic mass is 9.98. The fourth-order valence-electron chi connectivity index (χ4n) is 2.93. The second-order valence-corrected chi connectivity index (χ2v) is 6.59. The van der Waals surface area contributed by atoms with Gasteiger partial charge in [0.05, 0.1) is 7.11 Å². The quantitative estimate of drug-likeness (QED) is 0.338. The van der Waals surface area contributed by atoms with Gasteiger partial charge in [-0.25, -0.2) is 15.1 Å². The topological polar surface area (TPSA) is 153 Å². The third-order valence-corrected chi connectivity index (χ3v) is 4.14. The van der Waals surface area contributed by atoms with Crippen LogP contribution in [-0.2, 0) is 47.7 Å². The Kier molecular flexibility index (Phi) is 8.67. The molecule has 0 spiro atoms. The maximum absolute atomic E-state index is 12.3. The number of esters is 4. The Balaban J connectivity index is 2.36. The van der Waals surface area contributed by atoms with Crippen molar-refractivity contribution >= 4 is 29.8 Å². The van der Waals surface area contributed by atoms with Gasteiger partial charge in [0.1, 0.15) is 0 Å². The Labute approximate surface area is 183 Å². The molecule has 0 aliphatic carbocycles. The van der Waals surface area contributed by atoms with Crippen LogP contribution in [0.15, 0.2) is 30.3 Å². The van der Waals surface area contributed by atoms with E-state index in [-0.39, 0.29) is 5.56 Å². The number of hydroxylamine groups is 1. The summed E-state index contributed by atoms with van der Waals surface area (Å²) in [5.41, 5.74) is 2.37. The second-order valence-electron chi connectivity index (χ2n) is 6.59. The molecule has 174 valence electrons. The molecule has 32 heavy (non-hydrogen) atoms. The number of benzene rings is 1. The molecule has 1 aromatic carbocycles. The smallest absolute Gasteiger partial charge is 0.339 e. The molecule has 2 rings (SSSR count). The summed E-state index contributed by atoms with van der Waals surface area (Å²) >= 11 is 0. The van der Waals surface area contributed by atoms with Gasteiger partial charge in [-0.2, -0.15) is 0 Å². The summed E-state index contributed by atoms with van der Waals surface area (Å²) in [5.74, 6) is -4.14. The number of carbonyl (C=O) groups is 5. The zero-order valence-electron chi connectivity index (χ0n) is 17.8. The largest absolute Gasteiger partial charge is 0.467 e. The summed E-state index contributed by atoms with van der Waals surface area (Å²) in [5, 5.41) is 0. The Morgan fingerprint density at radius 1 is 0.812 bits per heavy atom. The number of hydrogen-bond acceptors (Lipinski definition) is 11. The van der Waals surface area contributed by atoms with E-state index in [2.05, 4.69) is 10.2 Å². The van der Waals surface area contributed by atoms with E-state index < -0.39 is 60.5 Å². The van der Waals surface area contributed by atoms with E-state index in [1.165, 1.54) is 12.1 Å². The molecule has 1 fully saturated rings. The molecule has 1 aromatic rings. The van der Waals surface area contributed by atoms with E-state index in [4.69, 9.17) is 23.8 Å². The van der Waals surface area contributed by atoms with E-state index in [1.807, 2.05) is 0 Å². The second kappa shape index (κ2) is 11.2. The fourth-order valence-corrected chi connectivity index (χ4v) is 2.93. The number of hydrogen-bond donors (Lipinski definition) is 1. The average Bonchev–Trinajstić information content (AvgIpc) is 2.74. The summed E-state index contributed by atoms with van der Waals surface area (Å²) in [6.45, 7) is 3.19. The summed E-state index contributed by atoms with van der Waals surface area (Å²) < 4.78 is 25.7. The summed E-state index contributed by atoms with van der Waals surface area (Å²) in [7, 11) is 1.06. The molecule has 0 unspecified atom stereocenters. The third-order valence-electron chi connectivity index (χ3n) is 4.14. The zero-order valence-corrected chi connectivity index (χ0v) is 17.8. The molecule has 1 aliphatic heterocycles. The minimum atomic E-state index is -1.63. The van der Waals surface area contributed by atoms with Crippen LogP contribution < -0.4 is 5.48 Å². The van der Waals surface area contributed by atoms with Crippen LogP contribution in [0.25, 0.3) is 0 Å². The third kappa shape index (κ3) is 6.49. The van der Waals surface area contributed by atoms with Crippen LogP contribution in [0.3, 0.4) is 0 Å². The monoisotopic (exact) mass is 453 g/mol. The molecule has 0 saturated carbocycles. The summed E-state index contributed by atoms with van der Waals surface area (Å²) in [6, 6.07) is 7.99. The Hall–Kier alpha value is -3.51. The number of ether oxygens (including phenoxy) is 5. The highest BCUT2D eigenvalue weighted by molar-refractivity contribution is 5.93. The molecule has 1 heterocycles. The van der Waals surface area contributed by atoms with Crippen LogP contribution in [0.5, 0.6) is 0 Å². The van der Waals surface area contributed by atoms with Gasteiger partial charge in [0, 0.05) is 26.3 Å². The molecular formula is C20H23NO11. The molecular weight excluding hydrogens is 430 g/mol. The van der Waals surface area contributed by atoms with Crippen LogP contribution >= 0.6 is 0 Å². The van der Waals surface area contributed by atoms with Crippen molar-refractivity contribution in [3.8, 4) is 0 Å². The average molecular weight is 453 g/mol. The van der Waals surface area contributed by atoms with Gasteiger partial charge in [-0.3, -0.25) is 19.2 Å². The van der Waals surface area contributed by atoms with Crippen molar-refractivity contribution < 1.29 is 52.5 Å².